The molecule has 0 spiro atoms. The molecule has 0 aliphatic rings. The fourth-order valence-electron chi connectivity index (χ4n) is 0.794. The zero-order valence-corrected chi connectivity index (χ0v) is 7.00. The quantitative estimate of drug-likeness (QED) is 0.646. The van der Waals surface area contributed by atoms with Crippen molar-refractivity contribution >= 4 is 0 Å². The van der Waals surface area contributed by atoms with Gasteiger partial charge in [-0.15, -0.1) is 0 Å². The molecule has 13 heavy (non-hydrogen) atoms. The van der Waals surface area contributed by atoms with Crippen molar-refractivity contribution in [1.29, 1.82) is 0 Å². The second-order valence-corrected chi connectivity index (χ2v) is 2.33. The Morgan fingerprint density at radius 1 is 1.38 bits per heavy atom. The van der Waals surface area contributed by atoms with E-state index in [1.807, 2.05) is 0 Å². The fraction of sp³-hybridized carbons (Fsp3) is 0.0909. The van der Waals surface area contributed by atoms with Crippen molar-refractivity contribution in [3.05, 3.63) is 47.8 Å². The van der Waals surface area contributed by atoms with Gasteiger partial charge in [-0.3, -0.25) is 0 Å². The minimum Gasteiger partial charge on any atom is -0.392 e. The highest BCUT2D eigenvalue weighted by Gasteiger charge is 1.93. The molecule has 0 atom stereocenters. The SMILES string of the molecule is OCC=CC#Cc1ccccc1F. The lowest BCUT2D eigenvalue weighted by atomic mass is 10.2. The van der Waals surface area contributed by atoms with Crippen LogP contribution in [0, 0.1) is 17.7 Å². The molecule has 0 aliphatic heterocycles. The van der Waals surface area contributed by atoms with Gasteiger partial charge in [-0.1, -0.05) is 30.0 Å². The summed E-state index contributed by atoms with van der Waals surface area (Å²) in [6.45, 7) is -0.0497. The van der Waals surface area contributed by atoms with Gasteiger partial charge in [-0.05, 0) is 18.2 Å². The molecule has 0 fully saturated rings. The van der Waals surface area contributed by atoms with Crippen molar-refractivity contribution in [3.8, 4) is 11.8 Å². The first kappa shape index (κ1) is 9.50. The summed E-state index contributed by atoms with van der Waals surface area (Å²) in [5, 5.41) is 8.39. The summed E-state index contributed by atoms with van der Waals surface area (Å²) < 4.78 is 12.9. The van der Waals surface area contributed by atoms with Crippen LogP contribution in [0.5, 0.6) is 0 Å². The molecule has 0 saturated heterocycles. The first-order valence-electron chi connectivity index (χ1n) is 3.86. The van der Waals surface area contributed by atoms with Gasteiger partial charge in [0.05, 0.1) is 12.2 Å². The number of benzene rings is 1. The molecule has 1 aromatic carbocycles. The van der Waals surface area contributed by atoms with Crippen molar-refractivity contribution in [2.45, 2.75) is 0 Å². The first-order valence-corrected chi connectivity index (χ1v) is 3.86. The summed E-state index contributed by atoms with van der Waals surface area (Å²) in [4.78, 5) is 0. The van der Waals surface area contributed by atoms with Crippen LogP contribution in [0.15, 0.2) is 36.4 Å². The lowest BCUT2D eigenvalue weighted by molar-refractivity contribution is 0.343. The maximum absolute atomic E-state index is 12.9. The number of hydrogen-bond acceptors (Lipinski definition) is 1. The number of halogens is 1. The Bertz CT molecular complexity index is 358. The highest BCUT2D eigenvalue weighted by molar-refractivity contribution is 5.37. The zero-order valence-electron chi connectivity index (χ0n) is 7.00. The number of allylic oxidation sites excluding steroid dienone is 1. The second-order valence-electron chi connectivity index (χ2n) is 2.33. The van der Waals surface area contributed by atoms with Crippen LogP contribution >= 0.6 is 0 Å². The van der Waals surface area contributed by atoms with Crippen molar-refractivity contribution in [3.63, 3.8) is 0 Å². The molecule has 1 aromatic rings. The summed E-state index contributed by atoms with van der Waals surface area (Å²) >= 11 is 0. The molecule has 0 aliphatic carbocycles. The predicted octanol–water partition coefficient (Wildman–Crippen LogP) is 1.73. The van der Waals surface area contributed by atoms with E-state index in [1.165, 1.54) is 18.2 Å². The molecule has 0 heterocycles. The molecule has 2 heteroatoms. The normalized spacial score (nSPS) is 9.69. The van der Waals surface area contributed by atoms with Gasteiger partial charge in [0.25, 0.3) is 0 Å². The number of hydrogen-bond donors (Lipinski definition) is 1. The number of rotatable bonds is 1. The van der Waals surface area contributed by atoms with Crippen LogP contribution in [-0.2, 0) is 0 Å². The van der Waals surface area contributed by atoms with Gasteiger partial charge in [0.2, 0.25) is 0 Å². The summed E-state index contributed by atoms with van der Waals surface area (Å²) in [5.74, 6) is 4.91. The van der Waals surface area contributed by atoms with E-state index in [1.54, 1.807) is 18.2 Å². The van der Waals surface area contributed by atoms with Crippen LogP contribution < -0.4 is 0 Å². The first-order chi connectivity index (χ1) is 6.34. The highest BCUT2D eigenvalue weighted by Crippen LogP contribution is 2.03. The molecule has 0 bridgehead atoms. The van der Waals surface area contributed by atoms with E-state index in [9.17, 15) is 4.39 Å². The van der Waals surface area contributed by atoms with Crippen molar-refractivity contribution in [2.75, 3.05) is 6.61 Å². The summed E-state index contributed by atoms with van der Waals surface area (Å²) in [6.07, 6.45) is 2.99. The van der Waals surface area contributed by atoms with Crippen LogP contribution in [0.1, 0.15) is 5.56 Å². The van der Waals surface area contributed by atoms with Crippen LogP contribution in [-0.4, -0.2) is 11.7 Å². The van der Waals surface area contributed by atoms with Crippen LogP contribution in [0.3, 0.4) is 0 Å². The maximum Gasteiger partial charge on any atom is 0.138 e. The largest absolute Gasteiger partial charge is 0.392 e. The smallest absolute Gasteiger partial charge is 0.138 e. The van der Waals surface area contributed by atoms with E-state index in [0.29, 0.717) is 5.56 Å². The number of aliphatic hydroxyl groups is 1. The average molecular weight is 176 g/mol. The van der Waals surface area contributed by atoms with Gasteiger partial charge >= 0.3 is 0 Å². The summed E-state index contributed by atoms with van der Waals surface area (Å²) in [7, 11) is 0. The van der Waals surface area contributed by atoms with E-state index in [4.69, 9.17) is 5.11 Å². The Morgan fingerprint density at radius 3 is 2.85 bits per heavy atom. The fourth-order valence-corrected chi connectivity index (χ4v) is 0.794. The van der Waals surface area contributed by atoms with E-state index in [-0.39, 0.29) is 12.4 Å². The third-order valence-corrected chi connectivity index (χ3v) is 1.39. The molecule has 1 N–H and O–H groups in total. The van der Waals surface area contributed by atoms with Gasteiger partial charge in [-0.2, -0.15) is 0 Å². The van der Waals surface area contributed by atoms with Crippen molar-refractivity contribution < 1.29 is 9.50 Å². The minimum absolute atomic E-state index is 0.0497. The van der Waals surface area contributed by atoms with Gasteiger partial charge in [0.15, 0.2) is 0 Å². The summed E-state index contributed by atoms with van der Waals surface area (Å²) in [5.41, 5.74) is 0.366. The molecule has 66 valence electrons. The topological polar surface area (TPSA) is 20.2 Å². The van der Waals surface area contributed by atoms with Crippen molar-refractivity contribution in [2.24, 2.45) is 0 Å². The Kier molecular flexibility index (Phi) is 3.74. The lowest BCUT2D eigenvalue weighted by Crippen LogP contribution is -1.80. The Hall–Kier alpha value is -1.59. The summed E-state index contributed by atoms with van der Waals surface area (Å²) in [6, 6.07) is 6.31. The van der Waals surface area contributed by atoms with Gasteiger partial charge < -0.3 is 5.11 Å². The van der Waals surface area contributed by atoms with Gasteiger partial charge in [0.1, 0.15) is 5.82 Å². The van der Waals surface area contributed by atoms with Crippen LogP contribution in [0.4, 0.5) is 4.39 Å². The van der Waals surface area contributed by atoms with E-state index in [2.05, 4.69) is 11.8 Å². The highest BCUT2D eigenvalue weighted by atomic mass is 19.1. The molecule has 0 aromatic heterocycles. The average Bonchev–Trinajstić information content (AvgIpc) is 2.15. The molecular weight excluding hydrogens is 167 g/mol. The zero-order chi connectivity index (χ0) is 9.52. The van der Waals surface area contributed by atoms with E-state index >= 15 is 0 Å². The monoisotopic (exact) mass is 176 g/mol. The number of aliphatic hydroxyl groups excluding tert-OH is 1. The van der Waals surface area contributed by atoms with Crippen LogP contribution in [0.2, 0.25) is 0 Å². The van der Waals surface area contributed by atoms with Gasteiger partial charge in [-0.25, -0.2) is 4.39 Å². The third-order valence-electron chi connectivity index (χ3n) is 1.39. The predicted molar refractivity (Wildman–Crippen MR) is 49.5 cm³/mol. The Balaban J connectivity index is 2.77. The molecule has 0 radical (unpaired) electrons. The molecule has 1 rings (SSSR count). The maximum atomic E-state index is 12.9. The van der Waals surface area contributed by atoms with Crippen molar-refractivity contribution in [1.82, 2.24) is 0 Å². The molecule has 0 saturated carbocycles. The van der Waals surface area contributed by atoms with E-state index < -0.39 is 0 Å². The molecule has 1 nitrogen and oxygen atoms in total. The Labute approximate surface area is 76.5 Å². The van der Waals surface area contributed by atoms with Gasteiger partial charge in [0, 0.05) is 0 Å². The minimum atomic E-state index is -0.326. The van der Waals surface area contributed by atoms with E-state index in [0.717, 1.165) is 0 Å². The molecule has 0 unspecified atom stereocenters. The third kappa shape index (κ3) is 3.10. The standard InChI is InChI=1S/C11H9FO/c12-11-8-4-3-7-10(11)6-2-1-5-9-13/h1,3-5,7-8,13H,9H2. The molecular formula is C11H9FO. The lowest BCUT2D eigenvalue weighted by Gasteiger charge is -1.89. The van der Waals surface area contributed by atoms with Crippen LogP contribution in [0.25, 0.3) is 0 Å². The molecule has 0 amide bonds. The second kappa shape index (κ2) is 5.13. The Morgan fingerprint density at radius 2 is 2.15 bits per heavy atom.